The molecule has 0 aromatic heterocycles. The van der Waals surface area contributed by atoms with Crippen molar-refractivity contribution < 1.29 is 9.84 Å². The van der Waals surface area contributed by atoms with Crippen LogP contribution in [0.15, 0.2) is 24.3 Å². The Morgan fingerprint density at radius 3 is 2.79 bits per heavy atom. The monoisotopic (exact) mass is 192 g/mol. The minimum Gasteiger partial charge on any atom is -0.496 e. The molecule has 1 aromatic carbocycles. The lowest BCUT2D eigenvalue weighted by atomic mass is 10.0. The second-order valence-electron chi connectivity index (χ2n) is 3.27. The first-order valence-corrected chi connectivity index (χ1v) is 4.61. The summed E-state index contributed by atoms with van der Waals surface area (Å²) < 4.78 is 5.25. The summed E-state index contributed by atoms with van der Waals surface area (Å²) in [5.74, 6) is 0.845. The summed E-state index contributed by atoms with van der Waals surface area (Å²) in [5.41, 5.74) is 3.26. The van der Waals surface area contributed by atoms with Crippen LogP contribution in [0.2, 0.25) is 0 Å². The summed E-state index contributed by atoms with van der Waals surface area (Å²) in [4.78, 5) is 0. The Balaban J connectivity index is 3.16. The minimum atomic E-state index is 0.0585. The maximum atomic E-state index is 8.81. The topological polar surface area (TPSA) is 29.5 Å². The molecule has 0 atom stereocenters. The van der Waals surface area contributed by atoms with Crippen molar-refractivity contribution in [1.29, 1.82) is 0 Å². The predicted octanol–water partition coefficient (Wildman–Crippen LogP) is 2.40. The van der Waals surface area contributed by atoms with E-state index in [1.54, 1.807) is 13.2 Å². The van der Waals surface area contributed by atoms with Crippen molar-refractivity contribution in [3.05, 3.63) is 35.4 Å². The normalized spacial score (nSPS) is 11.6. The highest BCUT2D eigenvalue weighted by molar-refractivity contribution is 5.69. The van der Waals surface area contributed by atoms with Gasteiger partial charge in [0.05, 0.1) is 13.7 Å². The number of aryl methyl sites for hydroxylation is 1. The largest absolute Gasteiger partial charge is 0.496 e. The van der Waals surface area contributed by atoms with Gasteiger partial charge in [0.1, 0.15) is 5.75 Å². The predicted molar refractivity (Wildman–Crippen MR) is 58.5 cm³/mol. The van der Waals surface area contributed by atoms with Crippen molar-refractivity contribution in [3.8, 4) is 5.75 Å². The van der Waals surface area contributed by atoms with E-state index in [0.717, 1.165) is 16.9 Å². The van der Waals surface area contributed by atoms with E-state index in [9.17, 15) is 0 Å². The zero-order valence-corrected chi connectivity index (χ0v) is 8.87. The molecule has 0 fully saturated rings. The SMILES string of the molecule is COc1ccc(C)cc1/C(C)=C/CO. The van der Waals surface area contributed by atoms with Crippen LogP contribution in [0.3, 0.4) is 0 Å². The van der Waals surface area contributed by atoms with E-state index < -0.39 is 0 Å². The average molecular weight is 192 g/mol. The van der Waals surface area contributed by atoms with Gasteiger partial charge in [0, 0.05) is 5.56 Å². The summed E-state index contributed by atoms with van der Waals surface area (Å²) in [7, 11) is 1.65. The van der Waals surface area contributed by atoms with Crippen LogP contribution in [-0.2, 0) is 0 Å². The van der Waals surface area contributed by atoms with Crippen molar-refractivity contribution in [2.45, 2.75) is 13.8 Å². The quantitative estimate of drug-likeness (QED) is 0.796. The zero-order valence-electron chi connectivity index (χ0n) is 8.87. The number of hydrogen-bond donors (Lipinski definition) is 1. The van der Waals surface area contributed by atoms with Crippen molar-refractivity contribution >= 4 is 5.57 Å². The van der Waals surface area contributed by atoms with Gasteiger partial charge >= 0.3 is 0 Å². The second kappa shape index (κ2) is 4.82. The van der Waals surface area contributed by atoms with Crippen LogP contribution < -0.4 is 4.74 Å². The molecule has 0 aliphatic carbocycles. The first-order valence-electron chi connectivity index (χ1n) is 4.61. The van der Waals surface area contributed by atoms with E-state index in [4.69, 9.17) is 9.84 Å². The van der Waals surface area contributed by atoms with Gasteiger partial charge in [0.25, 0.3) is 0 Å². The Bertz CT molecular complexity index is 340. The van der Waals surface area contributed by atoms with Gasteiger partial charge in [0.15, 0.2) is 0 Å². The third kappa shape index (κ3) is 2.36. The summed E-state index contributed by atoms with van der Waals surface area (Å²) in [6.07, 6.45) is 1.78. The molecule has 0 aliphatic heterocycles. The molecule has 2 nitrogen and oxygen atoms in total. The average Bonchev–Trinajstić information content (AvgIpc) is 2.18. The molecule has 0 radical (unpaired) electrons. The van der Waals surface area contributed by atoms with Crippen LogP contribution >= 0.6 is 0 Å². The lowest BCUT2D eigenvalue weighted by Gasteiger charge is -2.09. The number of rotatable bonds is 3. The summed E-state index contributed by atoms with van der Waals surface area (Å²) in [6.45, 7) is 4.06. The maximum Gasteiger partial charge on any atom is 0.126 e. The van der Waals surface area contributed by atoms with E-state index in [0.29, 0.717) is 0 Å². The molecule has 14 heavy (non-hydrogen) atoms. The lowest BCUT2D eigenvalue weighted by molar-refractivity contribution is 0.343. The Kier molecular flexibility index (Phi) is 3.72. The molecule has 0 unspecified atom stereocenters. The van der Waals surface area contributed by atoms with Gasteiger partial charge in [-0.25, -0.2) is 0 Å². The number of methoxy groups -OCH3 is 1. The van der Waals surface area contributed by atoms with Gasteiger partial charge in [0.2, 0.25) is 0 Å². The Hall–Kier alpha value is -1.28. The van der Waals surface area contributed by atoms with Crippen molar-refractivity contribution in [2.75, 3.05) is 13.7 Å². The Morgan fingerprint density at radius 2 is 2.21 bits per heavy atom. The molecule has 0 spiro atoms. The minimum absolute atomic E-state index is 0.0585. The summed E-state index contributed by atoms with van der Waals surface area (Å²) in [5, 5.41) is 8.81. The van der Waals surface area contributed by atoms with Crippen LogP contribution in [0.1, 0.15) is 18.1 Å². The number of hydrogen-bond acceptors (Lipinski definition) is 2. The van der Waals surface area contributed by atoms with Gasteiger partial charge in [-0.1, -0.05) is 17.7 Å². The molecule has 0 aliphatic rings. The van der Waals surface area contributed by atoms with Crippen molar-refractivity contribution in [3.63, 3.8) is 0 Å². The van der Waals surface area contributed by atoms with E-state index in [-0.39, 0.29) is 6.61 Å². The molecular weight excluding hydrogens is 176 g/mol. The van der Waals surface area contributed by atoms with E-state index >= 15 is 0 Å². The third-order valence-corrected chi connectivity index (χ3v) is 2.18. The van der Waals surface area contributed by atoms with E-state index in [1.807, 2.05) is 26.0 Å². The van der Waals surface area contributed by atoms with Crippen LogP contribution in [0, 0.1) is 6.92 Å². The number of aliphatic hydroxyl groups is 1. The van der Waals surface area contributed by atoms with Gasteiger partial charge in [-0.3, -0.25) is 0 Å². The molecule has 0 bridgehead atoms. The molecule has 0 saturated carbocycles. The molecule has 76 valence electrons. The molecule has 0 saturated heterocycles. The Morgan fingerprint density at radius 1 is 1.50 bits per heavy atom. The van der Waals surface area contributed by atoms with E-state index in [1.165, 1.54) is 5.56 Å². The molecular formula is C12H16O2. The van der Waals surface area contributed by atoms with Gasteiger partial charge in [-0.15, -0.1) is 0 Å². The second-order valence-corrected chi connectivity index (χ2v) is 3.27. The van der Waals surface area contributed by atoms with Gasteiger partial charge in [-0.05, 0) is 31.6 Å². The highest BCUT2D eigenvalue weighted by Gasteiger charge is 2.04. The molecule has 2 heteroatoms. The fourth-order valence-corrected chi connectivity index (χ4v) is 1.38. The fraction of sp³-hybridized carbons (Fsp3) is 0.333. The van der Waals surface area contributed by atoms with E-state index in [2.05, 4.69) is 6.07 Å². The van der Waals surface area contributed by atoms with Gasteiger partial charge < -0.3 is 9.84 Å². The number of ether oxygens (including phenoxy) is 1. The number of benzene rings is 1. The summed E-state index contributed by atoms with van der Waals surface area (Å²) in [6, 6.07) is 6.01. The molecule has 1 rings (SSSR count). The molecule has 1 N–H and O–H groups in total. The smallest absolute Gasteiger partial charge is 0.126 e. The van der Waals surface area contributed by atoms with Crippen molar-refractivity contribution in [1.82, 2.24) is 0 Å². The van der Waals surface area contributed by atoms with Crippen molar-refractivity contribution in [2.24, 2.45) is 0 Å². The highest BCUT2D eigenvalue weighted by Crippen LogP contribution is 2.26. The third-order valence-electron chi connectivity index (χ3n) is 2.18. The Labute approximate surface area is 84.8 Å². The number of allylic oxidation sites excluding steroid dienone is 1. The maximum absolute atomic E-state index is 8.81. The van der Waals surface area contributed by atoms with Crippen LogP contribution in [0.25, 0.3) is 5.57 Å². The standard InChI is InChI=1S/C12H16O2/c1-9-4-5-12(14-3)11(8-9)10(2)6-7-13/h4-6,8,13H,7H2,1-3H3/b10-6+. The first-order chi connectivity index (χ1) is 6.69. The molecule has 0 heterocycles. The van der Waals surface area contributed by atoms with Gasteiger partial charge in [-0.2, -0.15) is 0 Å². The molecule has 0 amide bonds. The fourth-order valence-electron chi connectivity index (χ4n) is 1.38. The molecule has 1 aromatic rings. The summed E-state index contributed by atoms with van der Waals surface area (Å²) >= 11 is 0. The van der Waals surface area contributed by atoms with Crippen LogP contribution in [0.4, 0.5) is 0 Å². The lowest BCUT2D eigenvalue weighted by Crippen LogP contribution is -1.91. The van der Waals surface area contributed by atoms with Crippen LogP contribution in [0.5, 0.6) is 5.75 Å². The van der Waals surface area contributed by atoms with Crippen LogP contribution in [-0.4, -0.2) is 18.8 Å². The zero-order chi connectivity index (χ0) is 10.6. The first kappa shape index (κ1) is 10.8. The number of aliphatic hydroxyl groups excluding tert-OH is 1. The highest BCUT2D eigenvalue weighted by atomic mass is 16.5.